The van der Waals surface area contributed by atoms with Crippen molar-refractivity contribution < 1.29 is 4.79 Å². The third kappa shape index (κ3) is 6.09. The normalized spacial score (nSPS) is 15.8. The molecule has 1 fully saturated rings. The maximum absolute atomic E-state index is 13.5. The molecule has 3 nitrogen and oxygen atoms in total. The predicted molar refractivity (Wildman–Crippen MR) is 130 cm³/mol. The highest BCUT2D eigenvalue weighted by atomic mass is 32.2. The Kier molecular flexibility index (Phi) is 7.59. The summed E-state index contributed by atoms with van der Waals surface area (Å²) in [6, 6.07) is 30.7. The second-order valence-corrected chi connectivity index (χ2v) is 8.84. The molecule has 1 aliphatic rings. The SMILES string of the molecule is O=C([C@H](Sc1ccccc1)c1ccccc1)N1CCN(C/C=C\c2ccccc2)CC1. The van der Waals surface area contributed by atoms with Crippen molar-refractivity contribution in [3.05, 3.63) is 108 Å². The highest BCUT2D eigenvalue weighted by Gasteiger charge is 2.29. The number of hydrogen-bond acceptors (Lipinski definition) is 3. The summed E-state index contributed by atoms with van der Waals surface area (Å²) < 4.78 is 0. The van der Waals surface area contributed by atoms with Crippen LogP contribution in [0, 0.1) is 0 Å². The van der Waals surface area contributed by atoms with Crippen LogP contribution in [0.25, 0.3) is 6.08 Å². The maximum Gasteiger partial charge on any atom is 0.240 e. The van der Waals surface area contributed by atoms with Crippen molar-refractivity contribution in [1.29, 1.82) is 0 Å². The fourth-order valence-electron chi connectivity index (χ4n) is 3.74. The molecule has 4 heteroatoms. The van der Waals surface area contributed by atoms with Crippen molar-refractivity contribution in [3.63, 3.8) is 0 Å². The zero-order chi connectivity index (χ0) is 21.3. The van der Waals surface area contributed by atoms with E-state index in [0.717, 1.165) is 43.2 Å². The van der Waals surface area contributed by atoms with E-state index in [1.165, 1.54) is 5.56 Å². The Labute approximate surface area is 189 Å². The Balaban J connectivity index is 1.36. The van der Waals surface area contributed by atoms with E-state index in [1.54, 1.807) is 11.8 Å². The molecular weight excluding hydrogens is 400 g/mol. The zero-order valence-electron chi connectivity index (χ0n) is 17.6. The highest BCUT2D eigenvalue weighted by Crippen LogP contribution is 2.36. The Morgan fingerprint density at radius 2 is 1.39 bits per heavy atom. The quantitative estimate of drug-likeness (QED) is 0.472. The molecular formula is C27H28N2OS. The summed E-state index contributed by atoms with van der Waals surface area (Å²) in [5, 5.41) is -0.215. The predicted octanol–water partition coefficient (Wildman–Crippen LogP) is 5.38. The van der Waals surface area contributed by atoms with E-state index in [4.69, 9.17) is 0 Å². The van der Waals surface area contributed by atoms with E-state index in [0.29, 0.717) is 0 Å². The van der Waals surface area contributed by atoms with Crippen LogP contribution in [0.5, 0.6) is 0 Å². The summed E-state index contributed by atoms with van der Waals surface area (Å²) in [6.07, 6.45) is 4.38. The first kappa shape index (κ1) is 21.4. The minimum atomic E-state index is -0.215. The molecule has 0 bridgehead atoms. The van der Waals surface area contributed by atoms with Crippen LogP contribution in [-0.4, -0.2) is 48.4 Å². The first-order valence-electron chi connectivity index (χ1n) is 10.8. The van der Waals surface area contributed by atoms with E-state index < -0.39 is 0 Å². The fraction of sp³-hybridized carbons (Fsp3) is 0.222. The molecule has 158 valence electrons. The van der Waals surface area contributed by atoms with E-state index in [1.807, 2.05) is 47.4 Å². The fourth-order valence-corrected chi connectivity index (χ4v) is 4.87. The molecule has 1 aliphatic heterocycles. The zero-order valence-corrected chi connectivity index (χ0v) is 18.5. The third-order valence-corrected chi connectivity index (χ3v) is 6.74. The molecule has 0 aromatic heterocycles. The van der Waals surface area contributed by atoms with E-state index >= 15 is 0 Å². The number of hydrogen-bond donors (Lipinski definition) is 0. The third-order valence-electron chi connectivity index (χ3n) is 5.48. The Morgan fingerprint density at radius 3 is 2.03 bits per heavy atom. The van der Waals surface area contributed by atoms with Gasteiger partial charge in [0.2, 0.25) is 5.91 Å². The summed E-state index contributed by atoms with van der Waals surface area (Å²) in [7, 11) is 0. The molecule has 0 unspecified atom stereocenters. The van der Waals surface area contributed by atoms with E-state index in [2.05, 4.69) is 65.6 Å². The van der Waals surface area contributed by atoms with Gasteiger partial charge in [-0.2, -0.15) is 0 Å². The number of carbonyl (C=O) groups is 1. The molecule has 1 saturated heterocycles. The van der Waals surface area contributed by atoms with Gasteiger partial charge >= 0.3 is 0 Å². The van der Waals surface area contributed by atoms with Crippen molar-refractivity contribution >= 4 is 23.7 Å². The van der Waals surface area contributed by atoms with Crippen LogP contribution in [0.1, 0.15) is 16.4 Å². The van der Waals surface area contributed by atoms with E-state index in [-0.39, 0.29) is 11.2 Å². The van der Waals surface area contributed by atoms with Crippen molar-refractivity contribution in [2.45, 2.75) is 10.1 Å². The number of amides is 1. The molecule has 0 radical (unpaired) electrons. The van der Waals surface area contributed by atoms with Crippen LogP contribution in [-0.2, 0) is 4.79 Å². The monoisotopic (exact) mass is 428 g/mol. The maximum atomic E-state index is 13.5. The molecule has 31 heavy (non-hydrogen) atoms. The molecule has 3 aromatic carbocycles. The summed E-state index contributed by atoms with van der Waals surface area (Å²) in [5.74, 6) is 0.208. The summed E-state index contributed by atoms with van der Waals surface area (Å²) >= 11 is 1.64. The van der Waals surface area contributed by atoms with Gasteiger partial charge in [-0.1, -0.05) is 91.0 Å². The molecule has 0 spiro atoms. The Morgan fingerprint density at radius 1 is 0.806 bits per heavy atom. The Hall–Kier alpha value is -2.82. The second kappa shape index (κ2) is 11.0. The van der Waals surface area contributed by atoms with Crippen LogP contribution in [0.3, 0.4) is 0 Å². The van der Waals surface area contributed by atoms with Gasteiger partial charge in [0, 0.05) is 37.6 Å². The van der Waals surface area contributed by atoms with Crippen molar-refractivity contribution in [2.75, 3.05) is 32.7 Å². The lowest BCUT2D eigenvalue weighted by atomic mass is 10.1. The van der Waals surface area contributed by atoms with Gasteiger partial charge in [-0.3, -0.25) is 9.69 Å². The lowest BCUT2D eigenvalue weighted by molar-refractivity contribution is -0.132. The van der Waals surface area contributed by atoms with Crippen LogP contribution >= 0.6 is 11.8 Å². The summed E-state index contributed by atoms with van der Waals surface area (Å²) in [5.41, 5.74) is 2.29. The number of carbonyl (C=O) groups excluding carboxylic acids is 1. The van der Waals surface area contributed by atoms with Gasteiger partial charge in [-0.05, 0) is 23.3 Å². The summed E-state index contributed by atoms with van der Waals surface area (Å²) in [6.45, 7) is 4.27. The van der Waals surface area contributed by atoms with Crippen LogP contribution in [0.4, 0.5) is 0 Å². The van der Waals surface area contributed by atoms with Gasteiger partial charge in [0.15, 0.2) is 0 Å². The molecule has 4 rings (SSSR count). The van der Waals surface area contributed by atoms with Crippen LogP contribution < -0.4 is 0 Å². The average Bonchev–Trinajstić information content (AvgIpc) is 2.84. The first-order valence-corrected chi connectivity index (χ1v) is 11.7. The minimum Gasteiger partial charge on any atom is -0.339 e. The van der Waals surface area contributed by atoms with Crippen LogP contribution in [0.2, 0.25) is 0 Å². The Bertz CT molecular complexity index is 968. The number of benzene rings is 3. The molecule has 1 amide bonds. The topological polar surface area (TPSA) is 23.6 Å². The van der Waals surface area contributed by atoms with Gasteiger partial charge in [-0.25, -0.2) is 0 Å². The van der Waals surface area contributed by atoms with Gasteiger partial charge in [0.25, 0.3) is 0 Å². The molecule has 3 aromatic rings. The second-order valence-electron chi connectivity index (χ2n) is 7.66. The lowest BCUT2D eigenvalue weighted by Gasteiger charge is -2.36. The molecule has 0 aliphatic carbocycles. The van der Waals surface area contributed by atoms with Gasteiger partial charge in [0.1, 0.15) is 5.25 Å². The molecule has 0 saturated carbocycles. The van der Waals surface area contributed by atoms with E-state index in [9.17, 15) is 4.79 Å². The largest absolute Gasteiger partial charge is 0.339 e. The van der Waals surface area contributed by atoms with Crippen molar-refractivity contribution in [2.24, 2.45) is 0 Å². The number of nitrogens with zero attached hydrogens (tertiary/aromatic N) is 2. The number of thioether (sulfide) groups is 1. The first-order chi connectivity index (χ1) is 15.3. The summed E-state index contributed by atoms with van der Waals surface area (Å²) in [4.78, 5) is 19.0. The number of piperazine rings is 1. The van der Waals surface area contributed by atoms with Gasteiger partial charge < -0.3 is 4.90 Å². The molecule has 1 atom stereocenters. The standard InChI is InChI=1S/C27H28N2OS/c30-27(26(24-14-6-2-7-15-24)31-25-16-8-3-9-17-25)29-21-19-28(20-22-29)18-10-13-23-11-4-1-5-12-23/h1-17,26H,18-22H2/b13-10-/t26-/m1/s1. The minimum absolute atomic E-state index is 0.208. The van der Waals surface area contributed by atoms with Crippen LogP contribution in [0.15, 0.2) is 102 Å². The van der Waals surface area contributed by atoms with Crippen molar-refractivity contribution in [1.82, 2.24) is 9.80 Å². The lowest BCUT2D eigenvalue weighted by Crippen LogP contribution is -2.49. The number of rotatable bonds is 7. The molecule has 1 heterocycles. The average molecular weight is 429 g/mol. The van der Waals surface area contributed by atoms with Crippen molar-refractivity contribution in [3.8, 4) is 0 Å². The smallest absolute Gasteiger partial charge is 0.240 e. The highest BCUT2D eigenvalue weighted by molar-refractivity contribution is 8.00. The van der Waals surface area contributed by atoms with Gasteiger partial charge in [-0.15, -0.1) is 11.8 Å². The molecule has 0 N–H and O–H groups in total. The van der Waals surface area contributed by atoms with Gasteiger partial charge in [0.05, 0.1) is 0 Å².